The summed E-state index contributed by atoms with van der Waals surface area (Å²) in [7, 11) is 3.69. The summed E-state index contributed by atoms with van der Waals surface area (Å²) in [6.45, 7) is 10.2. The topological polar surface area (TPSA) is 60.9 Å². The molecule has 3 amide bonds. The minimum Gasteiger partial charge on any atom is -0.334 e. The Morgan fingerprint density at radius 1 is 0.500 bits per heavy atom. The lowest BCUT2D eigenvalue weighted by atomic mass is 9.86. The molecule has 0 heterocycles. The maximum Gasteiger partial charge on any atom is 0.254 e. The maximum absolute atomic E-state index is 15.0. The van der Waals surface area contributed by atoms with Gasteiger partial charge in [-0.05, 0) is 94.0 Å². The van der Waals surface area contributed by atoms with Crippen LogP contribution in [-0.2, 0) is 12.8 Å². The van der Waals surface area contributed by atoms with Crippen molar-refractivity contribution in [3.8, 4) is 0 Å². The first-order chi connectivity index (χ1) is 25.0. The molecule has 5 aromatic carbocycles. The highest BCUT2D eigenvalue weighted by atomic mass is 16.2. The standard InChI is InChI=1S/C46H51N3O3/c1-32(2)49(33(3)4)46(52)43-39(30-41(35-20-12-8-13-21-35)47(6)44(50)37-24-16-10-17-25-37)28-34(5)29-40(43)31-42(36-22-14-9-15-23-36)48(7)45(51)38-26-18-11-19-27-38/h8-29,32-33,41-42H,30-31H2,1-7H3/t41-,42-/m0/s1. The minimum atomic E-state index is -0.353. The van der Waals surface area contributed by atoms with Gasteiger partial charge in [-0.2, -0.15) is 0 Å². The molecule has 0 radical (unpaired) electrons. The van der Waals surface area contributed by atoms with E-state index in [9.17, 15) is 9.59 Å². The lowest BCUT2D eigenvalue weighted by molar-refractivity contribution is 0.0640. The number of rotatable bonds is 13. The molecule has 0 bridgehead atoms. The fourth-order valence-corrected chi connectivity index (χ4v) is 7.31. The van der Waals surface area contributed by atoms with E-state index < -0.39 is 0 Å². The summed E-state index contributed by atoms with van der Waals surface area (Å²) < 4.78 is 0. The molecule has 0 aromatic heterocycles. The summed E-state index contributed by atoms with van der Waals surface area (Å²) in [5, 5.41) is 0. The van der Waals surface area contributed by atoms with Crippen molar-refractivity contribution < 1.29 is 14.4 Å². The summed E-state index contributed by atoms with van der Waals surface area (Å²) in [5.41, 5.74) is 6.56. The molecule has 6 nitrogen and oxygen atoms in total. The van der Waals surface area contributed by atoms with Crippen molar-refractivity contribution in [3.63, 3.8) is 0 Å². The number of hydrogen-bond acceptors (Lipinski definition) is 3. The van der Waals surface area contributed by atoms with Gasteiger partial charge in [-0.3, -0.25) is 14.4 Å². The zero-order valence-corrected chi connectivity index (χ0v) is 31.5. The molecule has 0 aliphatic rings. The van der Waals surface area contributed by atoms with Crippen LogP contribution >= 0.6 is 0 Å². The quantitative estimate of drug-likeness (QED) is 0.124. The van der Waals surface area contributed by atoms with Crippen LogP contribution in [0.15, 0.2) is 133 Å². The fraction of sp³-hybridized carbons (Fsp3) is 0.283. The first kappa shape index (κ1) is 37.8. The van der Waals surface area contributed by atoms with Crippen LogP contribution in [0.3, 0.4) is 0 Å². The molecular weight excluding hydrogens is 643 g/mol. The Morgan fingerprint density at radius 2 is 0.827 bits per heavy atom. The molecule has 0 saturated carbocycles. The second-order valence-electron chi connectivity index (χ2n) is 14.2. The van der Waals surface area contributed by atoms with Gasteiger partial charge in [0.25, 0.3) is 17.7 Å². The van der Waals surface area contributed by atoms with Crippen LogP contribution in [-0.4, -0.2) is 58.6 Å². The third-order valence-corrected chi connectivity index (χ3v) is 9.82. The van der Waals surface area contributed by atoms with Gasteiger partial charge in [0.2, 0.25) is 0 Å². The van der Waals surface area contributed by atoms with Crippen LogP contribution in [0.2, 0.25) is 0 Å². The second kappa shape index (κ2) is 17.1. The Bertz CT molecular complexity index is 1810. The third-order valence-electron chi connectivity index (χ3n) is 9.82. The Hall–Kier alpha value is -5.49. The predicted octanol–water partition coefficient (Wildman–Crippen LogP) is 9.37. The Kier molecular flexibility index (Phi) is 12.5. The normalized spacial score (nSPS) is 12.3. The van der Waals surface area contributed by atoms with E-state index in [2.05, 4.69) is 19.1 Å². The van der Waals surface area contributed by atoms with Crippen molar-refractivity contribution >= 4 is 17.7 Å². The van der Waals surface area contributed by atoms with Gasteiger partial charge < -0.3 is 14.7 Å². The molecule has 2 atom stereocenters. The molecule has 0 N–H and O–H groups in total. The van der Waals surface area contributed by atoms with E-state index in [0.29, 0.717) is 29.5 Å². The maximum atomic E-state index is 15.0. The van der Waals surface area contributed by atoms with E-state index in [-0.39, 0.29) is 41.9 Å². The molecule has 0 fully saturated rings. The number of carbonyl (C=O) groups is 3. The van der Waals surface area contributed by atoms with Crippen molar-refractivity contribution in [1.29, 1.82) is 0 Å². The Balaban J connectivity index is 1.67. The fourth-order valence-electron chi connectivity index (χ4n) is 7.31. The summed E-state index contributed by atoms with van der Waals surface area (Å²) in [4.78, 5) is 48.5. The first-order valence-electron chi connectivity index (χ1n) is 18.2. The van der Waals surface area contributed by atoms with Gasteiger partial charge in [0.15, 0.2) is 0 Å². The van der Waals surface area contributed by atoms with E-state index in [1.54, 1.807) is 9.80 Å². The molecule has 52 heavy (non-hydrogen) atoms. The highest BCUT2D eigenvalue weighted by Crippen LogP contribution is 2.34. The highest BCUT2D eigenvalue weighted by Gasteiger charge is 2.32. The average molecular weight is 694 g/mol. The van der Waals surface area contributed by atoms with Gasteiger partial charge in [0, 0.05) is 42.9 Å². The number of benzene rings is 5. The number of aryl methyl sites for hydroxylation is 1. The van der Waals surface area contributed by atoms with E-state index in [4.69, 9.17) is 0 Å². The molecule has 5 aromatic rings. The van der Waals surface area contributed by atoms with Crippen molar-refractivity contribution in [1.82, 2.24) is 14.7 Å². The number of likely N-dealkylation sites (N-methyl/N-ethyl adjacent to an activating group) is 2. The SMILES string of the molecule is Cc1cc(C[C@@H](c2ccccc2)N(C)C(=O)c2ccccc2)c(C(=O)N(C(C)C)C(C)C)c(C[C@@H](c2ccccc2)N(C)C(=O)c2ccccc2)c1. The first-order valence-corrected chi connectivity index (χ1v) is 18.2. The van der Waals surface area contributed by atoms with Crippen LogP contribution in [0.25, 0.3) is 0 Å². The summed E-state index contributed by atoms with van der Waals surface area (Å²) in [6, 6.07) is 42.1. The number of nitrogens with zero attached hydrogens (tertiary/aromatic N) is 3. The number of carbonyl (C=O) groups excluding carboxylic acids is 3. The van der Waals surface area contributed by atoms with Gasteiger partial charge in [-0.15, -0.1) is 0 Å². The predicted molar refractivity (Wildman–Crippen MR) is 210 cm³/mol. The molecule has 0 spiro atoms. The Morgan fingerprint density at radius 3 is 1.15 bits per heavy atom. The zero-order chi connectivity index (χ0) is 37.4. The van der Waals surface area contributed by atoms with Crippen molar-refractivity contribution in [2.45, 2.75) is 71.6 Å². The highest BCUT2D eigenvalue weighted by molar-refractivity contribution is 5.98. The summed E-state index contributed by atoms with van der Waals surface area (Å²) in [5.74, 6) is -0.236. The largest absolute Gasteiger partial charge is 0.334 e. The summed E-state index contributed by atoms with van der Waals surface area (Å²) >= 11 is 0. The second-order valence-corrected chi connectivity index (χ2v) is 14.2. The minimum absolute atomic E-state index is 0.0472. The van der Waals surface area contributed by atoms with Crippen molar-refractivity contribution in [2.24, 2.45) is 0 Å². The number of amides is 3. The molecule has 0 aliphatic heterocycles. The average Bonchev–Trinajstić information content (AvgIpc) is 3.15. The molecular formula is C46H51N3O3. The monoisotopic (exact) mass is 693 g/mol. The van der Waals surface area contributed by atoms with Crippen molar-refractivity contribution in [2.75, 3.05) is 14.1 Å². The van der Waals surface area contributed by atoms with Crippen LogP contribution in [0.4, 0.5) is 0 Å². The zero-order valence-electron chi connectivity index (χ0n) is 31.5. The van der Waals surface area contributed by atoms with E-state index in [1.165, 1.54) is 0 Å². The third kappa shape index (κ3) is 8.68. The van der Waals surface area contributed by atoms with Gasteiger partial charge in [0.05, 0.1) is 12.1 Å². The molecule has 0 saturated heterocycles. The van der Waals surface area contributed by atoms with Crippen molar-refractivity contribution in [3.05, 3.63) is 178 Å². The van der Waals surface area contributed by atoms with Gasteiger partial charge >= 0.3 is 0 Å². The van der Waals surface area contributed by atoms with E-state index in [0.717, 1.165) is 27.8 Å². The molecule has 0 aliphatic carbocycles. The summed E-state index contributed by atoms with van der Waals surface area (Å²) in [6.07, 6.45) is 0.849. The van der Waals surface area contributed by atoms with Crippen LogP contribution < -0.4 is 0 Å². The molecule has 0 unspecified atom stereocenters. The smallest absolute Gasteiger partial charge is 0.254 e. The van der Waals surface area contributed by atoms with Gasteiger partial charge in [-0.1, -0.05) is 115 Å². The van der Waals surface area contributed by atoms with E-state index in [1.807, 2.05) is 168 Å². The van der Waals surface area contributed by atoms with Crippen LogP contribution in [0, 0.1) is 6.92 Å². The lowest BCUT2D eigenvalue weighted by Crippen LogP contribution is -2.43. The van der Waals surface area contributed by atoms with Gasteiger partial charge in [-0.25, -0.2) is 0 Å². The molecule has 268 valence electrons. The molecule has 6 heteroatoms. The van der Waals surface area contributed by atoms with Gasteiger partial charge in [0.1, 0.15) is 0 Å². The van der Waals surface area contributed by atoms with Crippen LogP contribution in [0.5, 0.6) is 0 Å². The Labute approximate surface area is 309 Å². The molecule has 5 rings (SSSR count). The number of hydrogen-bond donors (Lipinski definition) is 0. The van der Waals surface area contributed by atoms with E-state index >= 15 is 4.79 Å². The lowest BCUT2D eigenvalue weighted by Gasteiger charge is -2.35. The van der Waals surface area contributed by atoms with Crippen LogP contribution in [0.1, 0.15) is 98.7 Å².